The Labute approximate surface area is 146 Å². The lowest BCUT2D eigenvalue weighted by molar-refractivity contribution is -0.124. The van der Waals surface area contributed by atoms with Crippen molar-refractivity contribution in [2.24, 2.45) is 0 Å². The molecule has 1 aliphatic heterocycles. The zero-order valence-corrected chi connectivity index (χ0v) is 14.6. The number of para-hydroxylation sites is 2. The molecule has 1 atom stereocenters. The number of aromatic amines is 1. The SMILES string of the molecule is CNC(=O)NC(=O)[C@H](C)N1CCCN(c2nc3ccccc3[nH]2)CC1. The van der Waals surface area contributed by atoms with Gasteiger partial charge in [-0.1, -0.05) is 12.1 Å². The Bertz CT molecular complexity index is 725. The Kier molecular flexibility index (Phi) is 5.18. The smallest absolute Gasteiger partial charge is 0.321 e. The minimum Gasteiger partial charge on any atom is -0.341 e. The summed E-state index contributed by atoms with van der Waals surface area (Å²) in [6.07, 6.45) is 0.925. The molecule has 8 nitrogen and oxygen atoms in total. The van der Waals surface area contributed by atoms with Gasteiger partial charge in [0.25, 0.3) is 0 Å². The number of amides is 3. The van der Waals surface area contributed by atoms with Crippen molar-refractivity contribution in [2.45, 2.75) is 19.4 Å². The van der Waals surface area contributed by atoms with Gasteiger partial charge in [0.05, 0.1) is 17.1 Å². The van der Waals surface area contributed by atoms with E-state index in [1.807, 2.05) is 31.2 Å². The van der Waals surface area contributed by atoms with Gasteiger partial charge in [-0.2, -0.15) is 0 Å². The summed E-state index contributed by atoms with van der Waals surface area (Å²) in [7, 11) is 1.49. The standard InChI is InChI=1S/C17H24N6O2/c1-12(15(24)21-17(25)18-2)22-8-5-9-23(11-10-22)16-19-13-6-3-4-7-14(13)20-16/h3-4,6-7,12H,5,8-11H2,1-2H3,(H,19,20)(H2,18,21,24,25)/t12-/m0/s1. The second kappa shape index (κ2) is 7.52. The summed E-state index contributed by atoms with van der Waals surface area (Å²) in [5.74, 6) is 0.585. The summed E-state index contributed by atoms with van der Waals surface area (Å²) in [6.45, 7) is 5.02. The second-order valence-electron chi connectivity index (χ2n) is 6.20. The number of fused-ring (bicyclic) bond motifs is 1. The number of carbonyl (C=O) groups is 2. The van der Waals surface area contributed by atoms with Crippen molar-refractivity contribution in [2.75, 3.05) is 38.1 Å². The molecular formula is C17H24N6O2. The van der Waals surface area contributed by atoms with E-state index in [1.165, 1.54) is 7.05 Å². The van der Waals surface area contributed by atoms with E-state index in [4.69, 9.17) is 0 Å². The number of hydrogen-bond acceptors (Lipinski definition) is 5. The molecule has 0 saturated carbocycles. The third-order valence-electron chi connectivity index (χ3n) is 4.60. The summed E-state index contributed by atoms with van der Waals surface area (Å²) >= 11 is 0. The molecule has 1 saturated heterocycles. The number of imide groups is 1. The predicted molar refractivity (Wildman–Crippen MR) is 96.6 cm³/mol. The maximum Gasteiger partial charge on any atom is 0.321 e. The van der Waals surface area contributed by atoms with E-state index in [1.54, 1.807) is 0 Å². The van der Waals surface area contributed by atoms with Crippen LogP contribution in [0.1, 0.15) is 13.3 Å². The van der Waals surface area contributed by atoms with Crippen LogP contribution < -0.4 is 15.5 Å². The predicted octanol–water partition coefficient (Wildman–Crippen LogP) is 0.919. The third-order valence-corrected chi connectivity index (χ3v) is 4.60. The fraction of sp³-hybridized carbons (Fsp3) is 0.471. The Morgan fingerprint density at radius 3 is 2.76 bits per heavy atom. The number of aromatic nitrogens is 2. The molecule has 3 N–H and O–H groups in total. The topological polar surface area (TPSA) is 93.4 Å². The van der Waals surface area contributed by atoms with Gasteiger partial charge in [0.15, 0.2) is 0 Å². The number of hydrogen-bond donors (Lipinski definition) is 3. The zero-order chi connectivity index (χ0) is 17.8. The van der Waals surface area contributed by atoms with Crippen molar-refractivity contribution in [3.63, 3.8) is 0 Å². The maximum atomic E-state index is 12.1. The van der Waals surface area contributed by atoms with E-state index in [0.29, 0.717) is 0 Å². The molecular weight excluding hydrogens is 320 g/mol. The van der Waals surface area contributed by atoms with Crippen molar-refractivity contribution in [1.82, 2.24) is 25.5 Å². The molecule has 0 spiro atoms. The molecule has 0 aliphatic carbocycles. The van der Waals surface area contributed by atoms with Crippen LogP contribution in [0.15, 0.2) is 24.3 Å². The highest BCUT2D eigenvalue weighted by atomic mass is 16.2. The van der Waals surface area contributed by atoms with Gasteiger partial charge in [-0.15, -0.1) is 0 Å². The van der Waals surface area contributed by atoms with Crippen LogP contribution in [0.5, 0.6) is 0 Å². The molecule has 0 unspecified atom stereocenters. The second-order valence-corrected chi connectivity index (χ2v) is 6.20. The van der Waals surface area contributed by atoms with Gasteiger partial charge in [0, 0.05) is 33.2 Å². The van der Waals surface area contributed by atoms with E-state index in [9.17, 15) is 9.59 Å². The van der Waals surface area contributed by atoms with Crippen LogP contribution in [0.2, 0.25) is 0 Å². The number of nitrogens with zero attached hydrogens (tertiary/aromatic N) is 3. The van der Waals surface area contributed by atoms with Gasteiger partial charge in [-0.3, -0.25) is 15.0 Å². The van der Waals surface area contributed by atoms with Crippen molar-refractivity contribution >= 4 is 28.9 Å². The molecule has 1 aromatic heterocycles. The van der Waals surface area contributed by atoms with Gasteiger partial charge in [-0.25, -0.2) is 9.78 Å². The first-order valence-corrected chi connectivity index (χ1v) is 8.55. The monoisotopic (exact) mass is 344 g/mol. The Morgan fingerprint density at radius 1 is 1.20 bits per heavy atom. The van der Waals surface area contributed by atoms with Gasteiger partial charge in [0.2, 0.25) is 11.9 Å². The van der Waals surface area contributed by atoms with Gasteiger partial charge < -0.3 is 15.2 Å². The van der Waals surface area contributed by atoms with Crippen molar-refractivity contribution in [3.05, 3.63) is 24.3 Å². The van der Waals surface area contributed by atoms with Crippen LogP contribution in [-0.2, 0) is 4.79 Å². The van der Waals surface area contributed by atoms with E-state index < -0.39 is 6.03 Å². The van der Waals surface area contributed by atoms with Crippen LogP contribution >= 0.6 is 0 Å². The lowest BCUT2D eigenvalue weighted by Crippen LogP contribution is -2.50. The van der Waals surface area contributed by atoms with E-state index in [-0.39, 0.29) is 11.9 Å². The summed E-state index contributed by atoms with van der Waals surface area (Å²) < 4.78 is 0. The quantitative estimate of drug-likeness (QED) is 0.770. The fourth-order valence-corrected chi connectivity index (χ4v) is 3.07. The van der Waals surface area contributed by atoms with Gasteiger partial charge in [0.1, 0.15) is 0 Å². The molecule has 1 aliphatic rings. The first kappa shape index (κ1) is 17.2. The molecule has 8 heteroatoms. The number of nitrogens with one attached hydrogen (secondary N) is 3. The van der Waals surface area contributed by atoms with Crippen LogP contribution in [0.25, 0.3) is 11.0 Å². The van der Waals surface area contributed by atoms with Crippen LogP contribution in [-0.4, -0.2) is 66.1 Å². The molecule has 2 heterocycles. The number of anilines is 1. The highest BCUT2D eigenvalue weighted by Gasteiger charge is 2.25. The molecule has 3 rings (SSSR count). The highest BCUT2D eigenvalue weighted by Crippen LogP contribution is 2.19. The van der Waals surface area contributed by atoms with Crippen LogP contribution in [0.4, 0.5) is 10.7 Å². The number of rotatable bonds is 3. The number of imidazole rings is 1. The van der Waals surface area contributed by atoms with Crippen LogP contribution in [0.3, 0.4) is 0 Å². The minimum atomic E-state index is -0.476. The van der Waals surface area contributed by atoms with E-state index >= 15 is 0 Å². The fourth-order valence-electron chi connectivity index (χ4n) is 3.07. The average molecular weight is 344 g/mol. The van der Waals surface area contributed by atoms with Gasteiger partial charge >= 0.3 is 6.03 Å². The third kappa shape index (κ3) is 3.90. The van der Waals surface area contributed by atoms with Crippen LogP contribution in [0, 0.1) is 0 Å². The molecule has 25 heavy (non-hydrogen) atoms. The molecule has 1 fully saturated rings. The Balaban J connectivity index is 1.63. The summed E-state index contributed by atoms with van der Waals surface area (Å²) in [5, 5.41) is 4.74. The largest absolute Gasteiger partial charge is 0.341 e. The first-order chi connectivity index (χ1) is 12.1. The average Bonchev–Trinajstić information content (AvgIpc) is 2.90. The van der Waals surface area contributed by atoms with E-state index in [0.717, 1.165) is 49.6 Å². The molecule has 1 aromatic carbocycles. The minimum absolute atomic E-state index is 0.281. The Morgan fingerprint density at radius 2 is 2.00 bits per heavy atom. The van der Waals surface area contributed by atoms with Crippen molar-refractivity contribution < 1.29 is 9.59 Å². The summed E-state index contributed by atoms with van der Waals surface area (Å²) in [6, 6.07) is 7.14. The number of H-pyrrole nitrogens is 1. The molecule has 134 valence electrons. The normalized spacial score (nSPS) is 17.1. The molecule has 3 amide bonds. The lowest BCUT2D eigenvalue weighted by atomic mass is 10.2. The van der Waals surface area contributed by atoms with Crippen molar-refractivity contribution in [3.8, 4) is 0 Å². The highest BCUT2D eigenvalue weighted by molar-refractivity contribution is 5.96. The van der Waals surface area contributed by atoms with Gasteiger partial charge in [-0.05, 0) is 25.5 Å². The Hall–Kier alpha value is -2.61. The summed E-state index contributed by atoms with van der Waals surface area (Å²) in [5.41, 5.74) is 1.98. The summed E-state index contributed by atoms with van der Waals surface area (Å²) in [4.78, 5) is 35.8. The zero-order valence-electron chi connectivity index (χ0n) is 14.6. The lowest BCUT2D eigenvalue weighted by Gasteiger charge is -2.26. The number of carbonyl (C=O) groups excluding carboxylic acids is 2. The number of urea groups is 1. The first-order valence-electron chi connectivity index (χ1n) is 8.55. The molecule has 2 aromatic rings. The molecule has 0 bridgehead atoms. The maximum absolute atomic E-state index is 12.1. The molecule has 0 radical (unpaired) electrons. The number of benzene rings is 1. The van der Waals surface area contributed by atoms with Crippen molar-refractivity contribution in [1.29, 1.82) is 0 Å². The van der Waals surface area contributed by atoms with E-state index in [2.05, 4.69) is 30.4 Å².